The van der Waals surface area contributed by atoms with E-state index >= 15 is 0 Å². The van der Waals surface area contributed by atoms with Gasteiger partial charge in [-0.2, -0.15) is 0 Å². The van der Waals surface area contributed by atoms with E-state index in [9.17, 15) is 14.7 Å². The standard InChI is InChI=1S/C29H28N2O7/c1-35-22-12-8-20(9-13-22)29(19-6-4-3-5-7-19,21-10-14-23(36-2)15-11-21)38-26-24(32)18-37-27(26)31-17-16-25(33)30-28(31)34/h3-17,24,26-27,32H,18H2,1-2H3,(H,30,33,34)/t24-,26+,27+/m0/s1. The largest absolute Gasteiger partial charge is 0.497 e. The van der Waals surface area contributed by atoms with E-state index in [1.165, 1.54) is 16.8 Å². The average Bonchev–Trinajstić information content (AvgIpc) is 3.31. The topological polar surface area (TPSA) is 112 Å². The lowest BCUT2D eigenvalue weighted by Crippen LogP contribution is -2.45. The van der Waals surface area contributed by atoms with E-state index < -0.39 is 35.3 Å². The monoisotopic (exact) mass is 516 g/mol. The highest BCUT2D eigenvalue weighted by Gasteiger charge is 2.47. The molecule has 0 spiro atoms. The van der Waals surface area contributed by atoms with E-state index in [4.69, 9.17) is 18.9 Å². The summed E-state index contributed by atoms with van der Waals surface area (Å²) in [5, 5.41) is 11.1. The number of ether oxygens (including phenoxy) is 4. The fourth-order valence-corrected chi connectivity index (χ4v) is 4.81. The number of aliphatic hydroxyl groups is 1. The van der Waals surface area contributed by atoms with Crippen LogP contribution >= 0.6 is 0 Å². The van der Waals surface area contributed by atoms with Gasteiger partial charge < -0.3 is 24.1 Å². The molecule has 1 aliphatic heterocycles. The summed E-state index contributed by atoms with van der Waals surface area (Å²) in [5.41, 5.74) is -0.102. The first-order chi connectivity index (χ1) is 18.5. The first-order valence-electron chi connectivity index (χ1n) is 12.1. The van der Waals surface area contributed by atoms with E-state index in [0.717, 1.165) is 16.7 Å². The minimum absolute atomic E-state index is 0.0585. The summed E-state index contributed by atoms with van der Waals surface area (Å²) in [6, 6.07) is 25.8. The Morgan fingerprint density at radius 3 is 1.92 bits per heavy atom. The maximum Gasteiger partial charge on any atom is 0.330 e. The lowest BCUT2D eigenvalue weighted by molar-refractivity contribution is -0.123. The Morgan fingerprint density at radius 2 is 1.39 bits per heavy atom. The van der Waals surface area contributed by atoms with E-state index in [1.807, 2.05) is 78.9 Å². The van der Waals surface area contributed by atoms with Gasteiger partial charge in [0.1, 0.15) is 29.3 Å². The van der Waals surface area contributed by atoms with Crippen molar-refractivity contribution in [3.63, 3.8) is 0 Å². The van der Waals surface area contributed by atoms with Crippen LogP contribution in [0.2, 0.25) is 0 Å². The van der Waals surface area contributed by atoms with Crippen molar-refractivity contribution >= 4 is 0 Å². The summed E-state index contributed by atoms with van der Waals surface area (Å²) in [6.07, 6.45) is -1.69. The fourth-order valence-electron chi connectivity index (χ4n) is 4.81. The number of nitrogens with one attached hydrogen (secondary N) is 1. The lowest BCUT2D eigenvalue weighted by Gasteiger charge is -2.40. The molecule has 1 aliphatic rings. The van der Waals surface area contributed by atoms with Crippen molar-refractivity contribution in [3.8, 4) is 11.5 Å². The van der Waals surface area contributed by atoms with Gasteiger partial charge >= 0.3 is 5.69 Å². The molecule has 0 saturated carbocycles. The van der Waals surface area contributed by atoms with Crippen LogP contribution in [0.1, 0.15) is 22.9 Å². The van der Waals surface area contributed by atoms with Gasteiger partial charge in [0.2, 0.25) is 0 Å². The van der Waals surface area contributed by atoms with Crippen LogP contribution in [-0.4, -0.2) is 47.7 Å². The quantitative estimate of drug-likeness (QED) is 0.347. The number of H-pyrrole nitrogens is 1. The zero-order chi connectivity index (χ0) is 26.7. The van der Waals surface area contributed by atoms with Gasteiger partial charge in [0.15, 0.2) is 6.23 Å². The smallest absolute Gasteiger partial charge is 0.330 e. The molecule has 196 valence electrons. The molecular weight excluding hydrogens is 488 g/mol. The Balaban J connectivity index is 1.72. The highest BCUT2D eigenvalue weighted by atomic mass is 16.6. The van der Waals surface area contributed by atoms with Gasteiger partial charge in [0, 0.05) is 12.3 Å². The molecule has 1 fully saturated rings. The van der Waals surface area contributed by atoms with Gasteiger partial charge in [-0.25, -0.2) is 4.79 Å². The number of hydrogen-bond donors (Lipinski definition) is 2. The SMILES string of the molecule is COc1ccc(C(O[C@H]2[C@H](n3ccc(=O)[nH]c3=O)OC[C@@H]2O)(c2ccccc2)c2ccc(OC)cc2)cc1. The first-order valence-corrected chi connectivity index (χ1v) is 12.1. The van der Waals surface area contributed by atoms with Crippen molar-refractivity contribution in [1.29, 1.82) is 0 Å². The van der Waals surface area contributed by atoms with Crippen molar-refractivity contribution in [3.05, 3.63) is 129 Å². The van der Waals surface area contributed by atoms with Gasteiger partial charge in [-0.05, 0) is 41.0 Å². The summed E-state index contributed by atoms with van der Waals surface area (Å²) in [7, 11) is 3.19. The second-order valence-corrected chi connectivity index (χ2v) is 8.90. The predicted molar refractivity (Wildman–Crippen MR) is 140 cm³/mol. The summed E-state index contributed by atoms with van der Waals surface area (Å²) >= 11 is 0. The van der Waals surface area contributed by atoms with Gasteiger partial charge in [0.05, 0.1) is 20.8 Å². The molecule has 0 radical (unpaired) electrons. The lowest BCUT2D eigenvalue weighted by atomic mass is 9.79. The summed E-state index contributed by atoms with van der Waals surface area (Å²) in [4.78, 5) is 26.6. The van der Waals surface area contributed by atoms with Crippen molar-refractivity contribution in [1.82, 2.24) is 9.55 Å². The number of nitrogens with zero attached hydrogens (tertiary/aromatic N) is 1. The fraction of sp³-hybridized carbons (Fsp3) is 0.241. The second kappa shape index (κ2) is 10.7. The van der Waals surface area contributed by atoms with E-state index in [1.54, 1.807) is 14.2 Å². The number of benzene rings is 3. The second-order valence-electron chi connectivity index (χ2n) is 8.90. The Hall–Kier alpha value is -4.18. The van der Waals surface area contributed by atoms with Crippen LogP contribution in [0.15, 0.2) is 101 Å². The number of methoxy groups -OCH3 is 2. The van der Waals surface area contributed by atoms with Crippen molar-refractivity contribution in [2.24, 2.45) is 0 Å². The maximum absolute atomic E-state index is 12.7. The summed E-state index contributed by atoms with van der Waals surface area (Å²) in [5.74, 6) is 1.35. The first kappa shape index (κ1) is 25.5. The highest BCUT2D eigenvalue weighted by molar-refractivity contribution is 5.50. The molecular formula is C29H28N2O7. The third-order valence-corrected chi connectivity index (χ3v) is 6.71. The highest BCUT2D eigenvalue weighted by Crippen LogP contribution is 2.45. The summed E-state index contributed by atoms with van der Waals surface area (Å²) in [6.45, 7) is -0.0585. The molecule has 4 aromatic rings. The molecule has 3 atom stereocenters. The Bertz CT molecular complexity index is 1430. The van der Waals surface area contributed by atoms with Crippen molar-refractivity contribution < 1.29 is 24.1 Å². The van der Waals surface area contributed by atoms with E-state index in [2.05, 4.69) is 4.98 Å². The molecule has 3 aromatic carbocycles. The zero-order valence-corrected chi connectivity index (χ0v) is 20.9. The van der Waals surface area contributed by atoms with Gasteiger partial charge in [-0.1, -0.05) is 54.6 Å². The summed E-state index contributed by atoms with van der Waals surface area (Å²) < 4.78 is 24.8. The minimum Gasteiger partial charge on any atom is -0.497 e. The van der Waals surface area contributed by atoms with Crippen LogP contribution in [-0.2, 0) is 15.1 Å². The van der Waals surface area contributed by atoms with Gasteiger partial charge in [-0.15, -0.1) is 0 Å². The molecule has 2 heterocycles. The molecule has 0 aliphatic carbocycles. The molecule has 5 rings (SSSR count). The Kier molecular flexibility index (Phi) is 7.15. The molecule has 2 N–H and O–H groups in total. The number of aromatic nitrogens is 2. The molecule has 38 heavy (non-hydrogen) atoms. The average molecular weight is 517 g/mol. The molecule has 1 aromatic heterocycles. The number of hydrogen-bond acceptors (Lipinski definition) is 7. The normalized spacial score (nSPS) is 19.3. The maximum atomic E-state index is 12.7. The predicted octanol–water partition coefficient (Wildman–Crippen LogP) is 2.82. The van der Waals surface area contributed by atoms with E-state index in [-0.39, 0.29) is 6.61 Å². The number of aromatic amines is 1. The Morgan fingerprint density at radius 1 is 0.842 bits per heavy atom. The molecule has 0 unspecified atom stereocenters. The van der Waals surface area contributed by atoms with Crippen LogP contribution in [0.4, 0.5) is 0 Å². The molecule has 0 bridgehead atoms. The van der Waals surface area contributed by atoms with Crippen LogP contribution in [0.3, 0.4) is 0 Å². The van der Waals surface area contributed by atoms with E-state index in [0.29, 0.717) is 11.5 Å². The van der Waals surface area contributed by atoms with Gasteiger partial charge in [0.25, 0.3) is 5.56 Å². The van der Waals surface area contributed by atoms with Crippen LogP contribution in [0, 0.1) is 0 Å². The van der Waals surface area contributed by atoms with Crippen molar-refractivity contribution in [2.75, 3.05) is 20.8 Å². The van der Waals surface area contributed by atoms with Crippen LogP contribution in [0.25, 0.3) is 0 Å². The molecule has 1 saturated heterocycles. The zero-order valence-electron chi connectivity index (χ0n) is 20.9. The number of aliphatic hydroxyl groups excluding tert-OH is 1. The van der Waals surface area contributed by atoms with Crippen LogP contribution < -0.4 is 20.7 Å². The third-order valence-electron chi connectivity index (χ3n) is 6.71. The van der Waals surface area contributed by atoms with Crippen molar-refractivity contribution in [2.45, 2.75) is 24.0 Å². The third kappa shape index (κ3) is 4.63. The van der Waals surface area contributed by atoms with Crippen LogP contribution in [0.5, 0.6) is 11.5 Å². The minimum atomic E-state index is -1.23. The molecule has 0 amide bonds. The van der Waals surface area contributed by atoms with Gasteiger partial charge in [-0.3, -0.25) is 14.3 Å². The molecule has 9 heteroatoms. The molecule has 9 nitrogen and oxygen atoms in total. The number of rotatable bonds is 8. The Labute approximate surface area is 218 Å².